The molecule has 140 valence electrons. The third-order valence-electron chi connectivity index (χ3n) is 3.78. The molecule has 0 aliphatic carbocycles. The van der Waals surface area contributed by atoms with E-state index in [-0.39, 0.29) is 29.5 Å². The van der Waals surface area contributed by atoms with Crippen molar-refractivity contribution in [2.45, 2.75) is 20.4 Å². The minimum Gasteiger partial charge on any atom is -0.384 e. The van der Waals surface area contributed by atoms with Crippen molar-refractivity contribution in [3.8, 4) is 0 Å². The molecule has 1 heterocycles. The molecule has 0 amide bonds. The van der Waals surface area contributed by atoms with Crippen molar-refractivity contribution in [3.05, 3.63) is 56.2 Å². The summed E-state index contributed by atoms with van der Waals surface area (Å²) in [5, 5.41) is 2.45. The molecule has 1 aromatic carbocycles. The Balaban J connectivity index is 2.39. The molecule has 0 bridgehead atoms. The van der Waals surface area contributed by atoms with Crippen LogP contribution in [0.5, 0.6) is 0 Å². The summed E-state index contributed by atoms with van der Waals surface area (Å²) >= 11 is 0. The number of hydrogen-bond acceptors (Lipinski definition) is 5. The van der Waals surface area contributed by atoms with E-state index in [2.05, 4.69) is 5.32 Å². The molecule has 7 nitrogen and oxygen atoms in total. The van der Waals surface area contributed by atoms with E-state index in [0.29, 0.717) is 0 Å². The van der Waals surface area contributed by atoms with Crippen LogP contribution in [0.1, 0.15) is 24.2 Å². The maximum absolute atomic E-state index is 13.6. The normalized spacial score (nSPS) is 11.0. The molecule has 1 aromatic heterocycles. The van der Waals surface area contributed by atoms with Crippen molar-refractivity contribution in [1.29, 1.82) is 0 Å². The van der Waals surface area contributed by atoms with Crippen LogP contribution in [0.25, 0.3) is 0 Å². The first kappa shape index (κ1) is 19.4. The number of Topliss-reactive ketones (excluding diaryl/α,β-unsaturated/α-hetero) is 1. The van der Waals surface area contributed by atoms with Gasteiger partial charge >= 0.3 is 5.69 Å². The molecule has 0 saturated carbocycles. The van der Waals surface area contributed by atoms with E-state index in [1.54, 1.807) is 0 Å². The highest BCUT2D eigenvalue weighted by Crippen LogP contribution is 2.15. The lowest BCUT2D eigenvalue weighted by molar-refractivity contribution is 0.100. The van der Waals surface area contributed by atoms with E-state index >= 15 is 0 Å². The van der Waals surface area contributed by atoms with Gasteiger partial charge in [0.2, 0.25) is 0 Å². The van der Waals surface area contributed by atoms with Crippen molar-refractivity contribution in [1.82, 2.24) is 9.13 Å². The number of halogens is 2. The summed E-state index contributed by atoms with van der Waals surface area (Å²) in [4.78, 5) is 37.0. The first-order valence-electron chi connectivity index (χ1n) is 7.94. The van der Waals surface area contributed by atoms with E-state index in [0.717, 1.165) is 27.3 Å². The molecule has 0 aliphatic rings. The Labute approximate surface area is 148 Å². The predicted molar refractivity (Wildman–Crippen MR) is 94.4 cm³/mol. The van der Waals surface area contributed by atoms with Crippen LogP contribution in [0.15, 0.2) is 27.8 Å². The fraction of sp³-hybridized carbons (Fsp3) is 0.353. The number of aromatic nitrogens is 2. The second-order valence-corrected chi connectivity index (χ2v) is 6.31. The average Bonchev–Trinajstić information content (AvgIpc) is 2.57. The molecular formula is C17H20F2N4O3. The molecule has 0 unspecified atom stereocenters. The summed E-state index contributed by atoms with van der Waals surface area (Å²) in [7, 11) is 1.25. The number of benzene rings is 1. The number of carbonyl (C=O) groups is 1. The van der Waals surface area contributed by atoms with Gasteiger partial charge in [-0.25, -0.2) is 13.6 Å². The topological polar surface area (TPSA) is 99.1 Å². The lowest BCUT2D eigenvalue weighted by Gasteiger charge is -2.16. The first-order chi connectivity index (χ1) is 12.1. The van der Waals surface area contributed by atoms with E-state index in [9.17, 15) is 23.2 Å². The maximum atomic E-state index is 13.6. The summed E-state index contributed by atoms with van der Waals surface area (Å²) in [5.74, 6) is -2.34. The van der Waals surface area contributed by atoms with E-state index in [1.165, 1.54) is 7.05 Å². The highest BCUT2D eigenvalue weighted by Gasteiger charge is 2.22. The molecular weight excluding hydrogens is 346 g/mol. The summed E-state index contributed by atoms with van der Waals surface area (Å²) in [6.07, 6.45) is 0. The van der Waals surface area contributed by atoms with Crippen LogP contribution in [0.2, 0.25) is 0 Å². The number of nitrogens with one attached hydrogen (secondary N) is 1. The van der Waals surface area contributed by atoms with Crippen LogP contribution in [0, 0.1) is 17.6 Å². The van der Waals surface area contributed by atoms with E-state index in [4.69, 9.17) is 5.73 Å². The van der Waals surface area contributed by atoms with Gasteiger partial charge in [0.15, 0.2) is 5.78 Å². The number of hydrogen-bond donors (Lipinski definition) is 2. The van der Waals surface area contributed by atoms with E-state index in [1.807, 2.05) is 13.8 Å². The molecule has 0 spiro atoms. The second kappa shape index (κ2) is 7.51. The summed E-state index contributed by atoms with van der Waals surface area (Å²) in [5.41, 5.74) is 3.85. The van der Waals surface area contributed by atoms with Gasteiger partial charge in [0, 0.05) is 13.6 Å². The Morgan fingerprint density at radius 3 is 2.54 bits per heavy atom. The lowest BCUT2D eigenvalue weighted by Crippen LogP contribution is -2.43. The van der Waals surface area contributed by atoms with Gasteiger partial charge < -0.3 is 11.1 Å². The minimum absolute atomic E-state index is 0.0509. The van der Waals surface area contributed by atoms with Crippen LogP contribution >= 0.6 is 0 Å². The lowest BCUT2D eigenvalue weighted by atomic mass is 10.1. The zero-order valence-corrected chi connectivity index (χ0v) is 14.7. The fourth-order valence-corrected chi connectivity index (χ4v) is 2.48. The van der Waals surface area contributed by atoms with Crippen molar-refractivity contribution in [2.75, 3.05) is 17.6 Å². The quantitative estimate of drug-likeness (QED) is 0.752. The number of nitrogens with zero attached hydrogens (tertiary/aromatic N) is 2. The SMILES string of the molecule is CC(C)Cn1c(N)c(C(=O)CNc2cc(F)ccc2F)c(=O)n(C)c1=O. The van der Waals surface area contributed by atoms with Crippen molar-refractivity contribution in [2.24, 2.45) is 13.0 Å². The second-order valence-electron chi connectivity index (χ2n) is 6.31. The highest BCUT2D eigenvalue weighted by atomic mass is 19.1. The third kappa shape index (κ3) is 3.81. The number of nitrogens with two attached hydrogens (primary N) is 1. The maximum Gasteiger partial charge on any atom is 0.332 e. The zero-order valence-electron chi connectivity index (χ0n) is 14.7. The summed E-state index contributed by atoms with van der Waals surface area (Å²) in [6.45, 7) is 3.45. The highest BCUT2D eigenvalue weighted by molar-refractivity contribution is 6.02. The minimum atomic E-state index is -0.834. The molecule has 0 saturated heterocycles. The third-order valence-corrected chi connectivity index (χ3v) is 3.78. The van der Waals surface area contributed by atoms with Gasteiger partial charge in [-0.3, -0.25) is 18.7 Å². The Kier molecular flexibility index (Phi) is 5.59. The van der Waals surface area contributed by atoms with Gasteiger partial charge in [0.1, 0.15) is 23.0 Å². The Morgan fingerprint density at radius 2 is 1.92 bits per heavy atom. The van der Waals surface area contributed by atoms with Gasteiger partial charge in [-0.2, -0.15) is 0 Å². The molecule has 9 heteroatoms. The fourth-order valence-electron chi connectivity index (χ4n) is 2.48. The Morgan fingerprint density at radius 1 is 1.27 bits per heavy atom. The Hall–Kier alpha value is -2.97. The summed E-state index contributed by atoms with van der Waals surface area (Å²) in [6, 6.07) is 2.75. The van der Waals surface area contributed by atoms with Crippen LogP contribution < -0.4 is 22.3 Å². The van der Waals surface area contributed by atoms with Gasteiger partial charge in [-0.05, 0) is 24.1 Å². The van der Waals surface area contributed by atoms with Crippen LogP contribution in [0.3, 0.4) is 0 Å². The van der Waals surface area contributed by atoms with Crippen LogP contribution in [0.4, 0.5) is 20.3 Å². The molecule has 3 N–H and O–H groups in total. The van der Waals surface area contributed by atoms with Crippen molar-refractivity contribution in [3.63, 3.8) is 0 Å². The van der Waals surface area contributed by atoms with Gasteiger partial charge in [-0.15, -0.1) is 0 Å². The first-order valence-corrected chi connectivity index (χ1v) is 7.94. The molecule has 0 radical (unpaired) electrons. The predicted octanol–water partition coefficient (Wildman–Crippen LogP) is 1.36. The van der Waals surface area contributed by atoms with Gasteiger partial charge in [-0.1, -0.05) is 13.8 Å². The Bertz CT molecular complexity index is 964. The number of nitrogen functional groups attached to an aromatic ring is 1. The van der Waals surface area contributed by atoms with Gasteiger partial charge in [0.05, 0.1) is 12.2 Å². The van der Waals surface area contributed by atoms with Crippen molar-refractivity contribution >= 4 is 17.3 Å². The smallest absolute Gasteiger partial charge is 0.332 e. The summed E-state index contributed by atoms with van der Waals surface area (Å²) < 4.78 is 28.8. The molecule has 0 fully saturated rings. The number of ketones is 1. The number of carbonyl (C=O) groups excluding carboxylic acids is 1. The van der Waals surface area contributed by atoms with Gasteiger partial charge in [0.25, 0.3) is 5.56 Å². The van der Waals surface area contributed by atoms with Crippen molar-refractivity contribution < 1.29 is 13.6 Å². The molecule has 0 aliphatic heterocycles. The molecule has 0 atom stereocenters. The largest absolute Gasteiger partial charge is 0.384 e. The molecule has 2 aromatic rings. The zero-order chi connectivity index (χ0) is 19.6. The molecule has 26 heavy (non-hydrogen) atoms. The van der Waals surface area contributed by atoms with Crippen LogP contribution in [-0.4, -0.2) is 21.5 Å². The number of rotatable bonds is 6. The monoisotopic (exact) mass is 366 g/mol. The van der Waals surface area contributed by atoms with Crippen LogP contribution in [-0.2, 0) is 13.6 Å². The average molecular weight is 366 g/mol. The number of anilines is 2. The molecule has 2 rings (SSSR count). The van der Waals surface area contributed by atoms with E-state index < -0.39 is 35.2 Å². The standard InChI is InChI=1S/C17H20F2N4O3/c1-9(2)8-23-15(20)14(16(25)22(3)17(23)26)13(24)7-21-12-6-10(18)4-5-11(12)19/h4-6,9,21H,7-8,20H2,1-3H3.